The molecule has 0 atom stereocenters. The number of anilines is 1. The highest BCUT2D eigenvalue weighted by Gasteiger charge is 2.05. The summed E-state index contributed by atoms with van der Waals surface area (Å²) >= 11 is 8.87. The average Bonchev–Trinajstić information content (AvgIpc) is 2.14. The summed E-state index contributed by atoms with van der Waals surface area (Å²) in [6.45, 7) is 2.95. The van der Waals surface area contributed by atoms with Crippen molar-refractivity contribution in [2.24, 2.45) is 0 Å². The lowest BCUT2D eigenvalue weighted by atomic mass is 10.3. The van der Waals surface area contributed by atoms with Crippen LogP contribution in [-0.4, -0.2) is 6.54 Å². The van der Waals surface area contributed by atoms with E-state index in [9.17, 15) is 4.39 Å². The molecule has 1 N–H and O–H groups in total. The Morgan fingerprint density at radius 3 is 2.79 bits per heavy atom. The van der Waals surface area contributed by atoms with Crippen LogP contribution in [0.4, 0.5) is 10.1 Å². The zero-order valence-corrected chi connectivity index (χ0v) is 10.3. The molecule has 0 aliphatic heterocycles. The van der Waals surface area contributed by atoms with E-state index in [4.69, 9.17) is 11.6 Å². The van der Waals surface area contributed by atoms with Crippen molar-refractivity contribution in [2.75, 3.05) is 11.9 Å². The molecular formula is C10H12BrClFN. The number of halogens is 3. The first-order chi connectivity index (χ1) is 6.65. The van der Waals surface area contributed by atoms with Gasteiger partial charge in [0.15, 0.2) is 0 Å². The van der Waals surface area contributed by atoms with E-state index in [0.29, 0.717) is 9.50 Å². The molecule has 0 bridgehead atoms. The fourth-order valence-corrected chi connectivity index (χ4v) is 1.50. The average molecular weight is 281 g/mol. The lowest BCUT2D eigenvalue weighted by molar-refractivity contribution is 0.621. The fourth-order valence-electron chi connectivity index (χ4n) is 1.07. The van der Waals surface area contributed by atoms with Gasteiger partial charge in [0, 0.05) is 12.2 Å². The smallest absolute Gasteiger partial charge is 0.140 e. The number of hydrogen-bond donors (Lipinski definition) is 1. The lowest BCUT2D eigenvalue weighted by Gasteiger charge is -2.07. The van der Waals surface area contributed by atoms with Crippen molar-refractivity contribution in [1.82, 2.24) is 0 Å². The second kappa shape index (κ2) is 5.56. The summed E-state index contributed by atoms with van der Waals surface area (Å²) in [6.07, 6.45) is 2.18. The van der Waals surface area contributed by atoms with E-state index >= 15 is 0 Å². The first-order valence-electron chi connectivity index (χ1n) is 4.53. The molecule has 0 saturated heterocycles. The van der Waals surface area contributed by atoms with Crippen molar-refractivity contribution in [1.29, 1.82) is 0 Å². The maximum atomic E-state index is 13.2. The van der Waals surface area contributed by atoms with Crippen LogP contribution >= 0.6 is 27.5 Å². The van der Waals surface area contributed by atoms with Gasteiger partial charge in [-0.1, -0.05) is 24.9 Å². The number of benzene rings is 1. The zero-order valence-electron chi connectivity index (χ0n) is 7.91. The summed E-state index contributed by atoms with van der Waals surface area (Å²) < 4.78 is 13.5. The summed E-state index contributed by atoms with van der Waals surface area (Å²) in [5.41, 5.74) is 0.726. The number of hydrogen-bond acceptors (Lipinski definition) is 1. The summed E-state index contributed by atoms with van der Waals surface area (Å²) in [7, 11) is 0. The number of nitrogens with one attached hydrogen (secondary N) is 1. The van der Waals surface area contributed by atoms with Gasteiger partial charge in [-0.2, -0.15) is 0 Å². The number of unbranched alkanes of at least 4 members (excludes halogenated alkanes) is 1. The van der Waals surface area contributed by atoms with Gasteiger partial charge in [0.1, 0.15) is 5.82 Å². The van der Waals surface area contributed by atoms with Crippen LogP contribution in [0.15, 0.2) is 16.6 Å². The summed E-state index contributed by atoms with van der Waals surface area (Å²) in [6, 6.07) is 3.15. The van der Waals surface area contributed by atoms with Crippen LogP contribution in [0.25, 0.3) is 0 Å². The van der Waals surface area contributed by atoms with Gasteiger partial charge in [0.25, 0.3) is 0 Å². The largest absolute Gasteiger partial charge is 0.385 e. The molecule has 0 fully saturated rings. The van der Waals surface area contributed by atoms with Crippen LogP contribution in [-0.2, 0) is 0 Å². The van der Waals surface area contributed by atoms with E-state index in [1.807, 2.05) is 0 Å². The van der Waals surface area contributed by atoms with Crippen molar-refractivity contribution < 1.29 is 4.39 Å². The quantitative estimate of drug-likeness (QED) is 0.634. The lowest BCUT2D eigenvalue weighted by Crippen LogP contribution is -2.01. The second-order valence-electron chi connectivity index (χ2n) is 3.03. The summed E-state index contributed by atoms with van der Waals surface area (Å²) in [5, 5.41) is 3.50. The molecule has 0 unspecified atom stereocenters. The van der Waals surface area contributed by atoms with E-state index in [1.54, 1.807) is 6.07 Å². The third-order valence-electron chi connectivity index (χ3n) is 1.84. The molecule has 1 nitrogen and oxygen atoms in total. The van der Waals surface area contributed by atoms with Crippen LogP contribution in [0.5, 0.6) is 0 Å². The second-order valence-corrected chi connectivity index (χ2v) is 4.23. The molecule has 0 aromatic heterocycles. The standard InChI is InChI=1S/C10H12BrClFN/c1-2-3-4-14-7-5-8(12)10(11)9(13)6-7/h5-6,14H,2-4H2,1H3. The molecule has 0 spiro atoms. The van der Waals surface area contributed by atoms with Crippen molar-refractivity contribution in [2.45, 2.75) is 19.8 Å². The summed E-state index contributed by atoms with van der Waals surface area (Å²) in [5.74, 6) is -0.337. The molecule has 1 rings (SSSR count). The Hall–Kier alpha value is -0.280. The van der Waals surface area contributed by atoms with Gasteiger partial charge < -0.3 is 5.32 Å². The predicted octanol–water partition coefficient (Wildman–Crippen LogP) is 4.45. The molecule has 78 valence electrons. The number of rotatable bonds is 4. The fraction of sp³-hybridized carbons (Fsp3) is 0.400. The normalized spacial score (nSPS) is 10.3. The first-order valence-corrected chi connectivity index (χ1v) is 5.70. The Kier molecular flexibility index (Phi) is 4.69. The molecule has 4 heteroatoms. The molecular weight excluding hydrogens is 268 g/mol. The molecule has 0 heterocycles. The van der Waals surface area contributed by atoms with E-state index in [2.05, 4.69) is 28.2 Å². The molecule has 0 saturated carbocycles. The van der Waals surface area contributed by atoms with Crippen LogP contribution in [0, 0.1) is 5.82 Å². The van der Waals surface area contributed by atoms with Crippen molar-refractivity contribution in [3.8, 4) is 0 Å². The molecule has 1 aromatic carbocycles. The van der Waals surface area contributed by atoms with Gasteiger partial charge in [0.2, 0.25) is 0 Å². The topological polar surface area (TPSA) is 12.0 Å². The molecule has 1 aromatic rings. The van der Waals surface area contributed by atoms with Gasteiger partial charge in [-0.15, -0.1) is 0 Å². The molecule has 0 amide bonds. The predicted molar refractivity (Wildman–Crippen MR) is 62.5 cm³/mol. The van der Waals surface area contributed by atoms with Gasteiger partial charge >= 0.3 is 0 Å². The minimum absolute atomic E-state index is 0.320. The van der Waals surface area contributed by atoms with Gasteiger partial charge in [-0.3, -0.25) is 0 Å². The molecule has 14 heavy (non-hydrogen) atoms. The molecule has 0 aliphatic rings. The SMILES string of the molecule is CCCCNc1cc(F)c(Br)c(Cl)c1. The minimum Gasteiger partial charge on any atom is -0.385 e. The van der Waals surface area contributed by atoms with Crippen LogP contribution < -0.4 is 5.32 Å². The van der Waals surface area contributed by atoms with E-state index in [0.717, 1.165) is 25.1 Å². The van der Waals surface area contributed by atoms with Crippen LogP contribution in [0.3, 0.4) is 0 Å². The van der Waals surface area contributed by atoms with E-state index in [1.165, 1.54) is 6.07 Å². The highest BCUT2D eigenvalue weighted by atomic mass is 79.9. The van der Waals surface area contributed by atoms with Crippen LogP contribution in [0.1, 0.15) is 19.8 Å². The van der Waals surface area contributed by atoms with E-state index < -0.39 is 0 Å². The van der Waals surface area contributed by atoms with Gasteiger partial charge in [-0.25, -0.2) is 4.39 Å². The summed E-state index contributed by atoms with van der Waals surface area (Å²) in [4.78, 5) is 0. The molecule has 0 aliphatic carbocycles. The highest BCUT2D eigenvalue weighted by molar-refractivity contribution is 9.10. The third kappa shape index (κ3) is 3.14. The van der Waals surface area contributed by atoms with Crippen molar-refractivity contribution >= 4 is 33.2 Å². The van der Waals surface area contributed by atoms with Crippen molar-refractivity contribution in [3.63, 3.8) is 0 Å². The molecule has 0 radical (unpaired) electrons. The Bertz CT molecular complexity index is 294. The third-order valence-corrected chi connectivity index (χ3v) is 3.18. The monoisotopic (exact) mass is 279 g/mol. The Morgan fingerprint density at radius 2 is 2.21 bits per heavy atom. The van der Waals surface area contributed by atoms with Crippen LogP contribution in [0.2, 0.25) is 5.02 Å². The van der Waals surface area contributed by atoms with Crippen molar-refractivity contribution in [3.05, 3.63) is 27.4 Å². The maximum absolute atomic E-state index is 13.2. The minimum atomic E-state index is -0.337. The van der Waals surface area contributed by atoms with Gasteiger partial charge in [0.05, 0.1) is 9.50 Å². The van der Waals surface area contributed by atoms with Gasteiger partial charge in [-0.05, 0) is 34.5 Å². The zero-order chi connectivity index (χ0) is 10.6. The maximum Gasteiger partial charge on any atom is 0.140 e. The Balaban J connectivity index is 2.69. The van der Waals surface area contributed by atoms with E-state index in [-0.39, 0.29) is 5.82 Å². The Labute approximate surface area is 96.8 Å². The highest BCUT2D eigenvalue weighted by Crippen LogP contribution is 2.28. The first kappa shape index (κ1) is 11.8. The Morgan fingerprint density at radius 1 is 1.50 bits per heavy atom.